The second-order valence-electron chi connectivity index (χ2n) is 5.77. The van der Waals surface area contributed by atoms with E-state index in [-0.39, 0.29) is 6.04 Å². The molecule has 4 nitrogen and oxygen atoms in total. The van der Waals surface area contributed by atoms with Crippen molar-refractivity contribution >= 4 is 0 Å². The van der Waals surface area contributed by atoms with Gasteiger partial charge in [-0.3, -0.25) is 4.98 Å². The van der Waals surface area contributed by atoms with Gasteiger partial charge in [-0.1, -0.05) is 35.5 Å². The molecule has 3 rings (SSSR count). The average Bonchev–Trinajstić information content (AvgIpc) is 2.92. The van der Waals surface area contributed by atoms with E-state index in [4.69, 9.17) is 4.52 Å². The maximum absolute atomic E-state index is 5.20. The highest BCUT2D eigenvalue weighted by Gasteiger charge is 2.11. The van der Waals surface area contributed by atoms with Gasteiger partial charge in [-0.15, -0.1) is 0 Å². The third-order valence-electron chi connectivity index (χ3n) is 4.17. The van der Waals surface area contributed by atoms with Gasteiger partial charge >= 0.3 is 0 Å². The van der Waals surface area contributed by atoms with Crippen molar-refractivity contribution in [1.82, 2.24) is 15.5 Å². The lowest BCUT2D eigenvalue weighted by Gasteiger charge is -2.14. The minimum absolute atomic E-state index is 0.256. The van der Waals surface area contributed by atoms with Crippen LogP contribution in [0.1, 0.15) is 35.5 Å². The molecule has 0 aliphatic carbocycles. The molecule has 0 aliphatic heterocycles. The fourth-order valence-corrected chi connectivity index (χ4v) is 2.63. The van der Waals surface area contributed by atoms with E-state index in [0.29, 0.717) is 0 Å². The van der Waals surface area contributed by atoms with Gasteiger partial charge in [0.05, 0.1) is 5.69 Å². The molecule has 4 heteroatoms. The quantitative estimate of drug-likeness (QED) is 0.767. The number of benzene rings is 1. The van der Waals surface area contributed by atoms with Crippen LogP contribution in [-0.4, -0.2) is 10.1 Å². The maximum Gasteiger partial charge on any atom is 0.138 e. The Morgan fingerprint density at radius 1 is 1.09 bits per heavy atom. The Morgan fingerprint density at radius 3 is 2.48 bits per heavy atom. The minimum atomic E-state index is 0.256. The monoisotopic (exact) mass is 307 g/mol. The van der Waals surface area contributed by atoms with Crippen molar-refractivity contribution in [3.8, 4) is 11.1 Å². The van der Waals surface area contributed by atoms with Crippen LogP contribution in [0.15, 0.2) is 53.3 Å². The summed E-state index contributed by atoms with van der Waals surface area (Å²) in [5.74, 6) is 0.883. The van der Waals surface area contributed by atoms with Crippen molar-refractivity contribution in [3.63, 3.8) is 0 Å². The van der Waals surface area contributed by atoms with Gasteiger partial charge in [0.25, 0.3) is 0 Å². The van der Waals surface area contributed by atoms with E-state index in [1.807, 2.05) is 26.1 Å². The zero-order valence-corrected chi connectivity index (χ0v) is 13.7. The fourth-order valence-electron chi connectivity index (χ4n) is 2.63. The van der Waals surface area contributed by atoms with Crippen LogP contribution >= 0.6 is 0 Å². The first kappa shape index (κ1) is 15.4. The fraction of sp³-hybridized carbons (Fsp3) is 0.263. The Balaban J connectivity index is 1.67. The van der Waals surface area contributed by atoms with E-state index in [9.17, 15) is 0 Å². The molecular weight excluding hydrogens is 286 g/mol. The minimum Gasteiger partial charge on any atom is -0.361 e. The van der Waals surface area contributed by atoms with Crippen LogP contribution in [-0.2, 0) is 6.54 Å². The van der Waals surface area contributed by atoms with Gasteiger partial charge in [-0.2, -0.15) is 0 Å². The number of rotatable bonds is 5. The Morgan fingerprint density at radius 2 is 1.87 bits per heavy atom. The molecule has 1 N–H and O–H groups in total. The van der Waals surface area contributed by atoms with Crippen molar-refractivity contribution in [2.75, 3.05) is 0 Å². The number of nitrogens with zero attached hydrogens (tertiary/aromatic N) is 2. The topological polar surface area (TPSA) is 51.0 Å². The van der Waals surface area contributed by atoms with Crippen molar-refractivity contribution < 1.29 is 4.52 Å². The molecule has 1 atom stereocenters. The summed E-state index contributed by atoms with van der Waals surface area (Å²) in [7, 11) is 0. The van der Waals surface area contributed by atoms with Crippen LogP contribution in [0.5, 0.6) is 0 Å². The molecule has 0 radical (unpaired) electrons. The highest BCUT2D eigenvalue weighted by atomic mass is 16.5. The smallest absolute Gasteiger partial charge is 0.138 e. The molecule has 118 valence electrons. The summed E-state index contributed by atoms with van der Waals surface area (Å²) in [6, 6.07) is 12.9. The Labute approximate surface area is 136 Å². The third-order valence-corrected chi connectivity index (χ3v) is 4.17. The predicted octanol–water partition coefficient (Wildman–Crippen LogP) is 4.20. The van der Waals surface area contributed by atoms with Gasteiger partial charge in [-0.25, -0.2) is 0 Å². The summed E-state index contributed by atoms with van der Waals surface area (Å²) in [4.78, 5) is 4.17. The van der Waals surface area contributed by atoms with E-state index in [1.165, 1.54) is 11.1 Å². The van der Waals surface area contributed by atoms with E-state index >= 15 is 0 Å². The van der Waals surface area contributed by atoms with Crippen LogP contribution in [0, 0.1) is 13.8 Å². The predicted molar refractivity (Wildman–Crippen MR) is 90.9 cm³/mol. The van der Waals surface area contributed by atoms with Gasteiger partial charge < -0.3 is 9.84 Å². The molecule has 0 saturated carbocycles. The van der Waals surface area contributed by atoms with Gasteiger partial charge in [0, 0.05) is 30.5 Å². The molecule has 0 amide bonds. The van der Waals surface area contributed by atoms with Crippen molar-refractivity contribution in [2.45, 2.75) is 33.4 Å². The number of hydrogen-bond donors (Lipinski definition) is 1. The summed E-state index contributed by atoms with van der Waals surface area (Å²) in [6.07, 6.45) is 3.67. The van der Waals surface area contributed by atoms with Crippen LogP contribution in [0.4, 0.5) is 0 Å². The summed E-state index contributed by atoms with van der Waals surface area (Å²) < 4.78 is 5.20. The molecule has 1 unspecified atom stereocenters. The second-order valence-corrected chi connectivity index (χ2v) is 5.77. The molecule has 0 saturated heterocycles. The number of aromatic nitrogens is 2. The molecule has 2 aromatic heterocycles. The summed E-state index contributed by atoms with van der Waals surface area (Å²) in [5.41, 5.74) is 5.66. The average molecular weight is 307 g/mol. The number of nitrogens with one attached hydrogen (secondary N) is 1. The second kappa shape index (κ2) is 6.75. The third kappa shape index (κ3) is 3.48. The molecule has 0 spiro atoms. The first-order valence-electron chi connectivity index (χ1n) is 7.80. The highest BCUT2D eigenvalue weighted by molar-refractivity contribution is 5.62. The Bertz CT molecular complexity index is 744. The molecule has 0 bridgehead atoms. The lowest BCUT2D eigenvalue weighted by molar-refractivity contribution is 0.391. The SMILES string of the molecule is Cc1noc(C)c1CNC(C)c1ccc(-c2cccnc2)cc1. The number of aryl methyl sites for hydroxylation is 2. The largest absolute Gasteiger partial charge is 0.361 e. The normalized spacial score (nSPS) is 12.3. The van der Waals surface area contributed by atoms with Crippen molar-refractivity contribution in [3.05, 3.63) is 71.4 Å². The lowest BCUT2D eigenvalue weighted by Crippen LogP contribution is -2.18. The maximum atomic E-state index is 5.20. The molecule has 1 aromatic carbocycles. The van der Waals surface area contributed by atoms with Crippen LogP contribution in [0.3, 0.4) is 0 Å². The van der Waals surface area contributed by atoms with Gasteiger partial charge in [0.1, 0.15) is 5.76 Å². The molecule has 3 aromatic rings. The van der Waals surface area contributed by atoms with Crippen molar-refractivity contribution in [1.29, 1.82) is 0 Å². The van der Waals surface area contributed by atoms with Crippen LogP contribution in [0.2, 0.25) is 0 Å². The van der Waals surface area contributed by atoms with Crippen LogP contribution in [0.25, 0.3) is 11.1 Å². The number of pyridine rings is 1. The standard InChI is InChI=1S/C19H21N3O/c1-13(21-12-19-14(2)22-23-15(19)3)16-6-8-17(9-7-16)18-5-4-10-20-11-18/h4-11,13,21H,12H2,1-3H3. The Hall–Kier alpha value is -2.46. The lowest BCUT2D eigenvalue weighted by atomic mass is 10.0. The molecular formula is C19H21N3O. The molecule has 0 aliphatic rings. The molecule has 23 heavy (non-hydrogen) atoms. The van der Waals surface area contributed by atoms with Crippen LogP contribution < -0.4 is 5.32 Å². The summed E-state index contributed by atoms with van der Waals surface area (Å²) in [6.45, 7) is 6.84. The van der Waals surface area contributed by atoms with E-state index in [2.05, 4.69) is 52.7 Å². The highest BCUT2D eigenvalue weighted by Crippen LogP contribution is 2.22. The zero-order chi connectivity index (χ0) is 16.2. The van der Waals surface area contributed by atoms with Gasteiger partial charge in [0.2, 0.25) is 0 Å². The zero-order valence-electron chi connectivity index (χ0n) is 13.7. The molecule has 2 heterocycles. The van der Waals surface area contributed by atoms with Gasteiger partial charge in [-0.05, 0) is 43.5 Å². The van der Waals surface area contributed by atoms with Crippen molar-refractivity contribution in [2.24, 2.45) is 0 Å². The Kier molecular flexibility index (Phi) is 4.53. The van der Waals surface area contributed by atoms with Gasteiger partial charge in [0.15, 0.2) is 0 Å². The van der Waals surface area contributed by atoms with E-state index in [1.54, 1.807) is 6.20 Å². The summed E-state index contributed by atoms with van der Waals surface area (Å²) >= 11 is 0. The summed E-state index contributed by atoms with van der Waals surface area (Å²) in [5, 5.41) is 7.52. The molecule has 0 fully saturated rings. The first-order valence-corrected chi connectivity index (χ1v) is 7.80. The first-order chi connectivity index (χ1) is 11.1. The van der Waals surface area contributed by atoms with E-state index in [0.717, 1.165) is 29.1 Å². The number of hydrogen-bond acceptors (Lipinski definition) is 4. The van der Waals surface area contributed by atoms with E-state index < -0.39 is 0 Å².